The van der Waals surface area contributed by atoms with Crippen LogP contribution in [0, 0.1) is 0 Å². The van der Waals surface area contributed by atoms with Gasteiger partial charge in [0.2, 0.25) is 4.80 Å². The quantitative estimate of drug-likeness (QED) is 0.374. The molecule has 1 aromatic heterocycles. The summed E-state index contributed by atoms with van der Waals surface area (Å²) in [6.45, 7) is 7.76. The minimum atomic E-state index is 0.555. The van der Waals surface area contributed by atoms with Crippen LogP contribution in [0.1, 0.15) is 5.56 Å². The molecule has 0 N–H and O–H groups in total. The van der Waals surface area contributed by atoms with Crippen LogP contribution in [0.15, 0.2) is 81.1 Å². The summed E-state index contributed by atoms with van der Waals surface area (Å²) in [7, 11) is 0. The van der Waals surface area contributed by atoms with E-state index in [-0.39, 0.29) is 0 Å². The highest BCUT2D eigenvalue weighted by molar-refractivity contribution is 9.10. The van der Waals surface area contributed by atoms with Crippen LogP contribution in [-0.2, 0) is 4.74 Å². The third kappa shape index (κ3) is 4.80. The average molecular weight is 483 g/mol. The Balaban J connectivity index is 1.64. The Hall–Kier alpha value is -2.48. The fraction of sp³-hybridized carbons (Fsp3) is 0.217. The summed E-state index contributed by atoms with van der Waals surface area (Å²) in [6.07, 6.45) is 3.67. The van der Waals surface area contributed by atoms with Gasteiger partial charge in [-0.25, -0.2) is 4.68 Å². The molecular formula is C23H23BrN4OS. The van der Waals surface area contributed by atoms with E-state index in [1.807, 2.05) is 29.1 Å². The number of aromatic nitrogens is 1. The van der Waals surface area contributed by atoms with Crippen LogP contribution in [0.2, 0.25) is 0 Å². The van der Waals surface area contributed by atoms with Gasteiger partial charge in [0.25, 0.3) is 0 Å². The van der Waals surface area contributed by atoms with Gasteiger partial charge >= 0.3 is 0 Å². The number of halogens is 1. The molecular weight excluding hydrogens is 460 g/mol. The van der Waals surface area contributed by atoms with E-state index in [2.05, 4.69) is 68.1 Å². The molecule has 154 valence electrons. The Morgan fingerprint density at radius 1 is 1.10 bits per heavy atom. The normalized spacial score (nSPS) is 15.1. The number of hydrogen-bond acceptors (Lipinski definition) is 5. The lowest BCUT2D eigenvalue weighted by atomic mass is 10.2. The fourth-order valence-electron chi connectivity index (χ4n) is 3.23. The number of rotatable bonds is 6. The highest BCUT2D eigenvalue weighted by Gasteiger charge is 2.11. The summed E-state index contributed by atoms with van der Waals surface area (Å²) in [4.78, 5) is 7.78. The van der Waals surface area contributed by atoms with Crippen molar-refractivity contribution in [1.29, 1.82) is 0 Å². The number of hydrogen-bond donors (Lipinski definition) is 0. The second-order valence-corrected chi connectivity index (χ2v) is 8.45. The molecule has 0 bridgehead atoms. The fourth-order valence-corrected chi connectivity index (χ4v) is 4.56. The van der Waals surface area contributed by atoms with Crippen molar-refractivity contribution in [1.82, 2.24) is 4.68 Å². The molecule has 0 unspecified atom stereocenters. The lowest BCUT2D eigenvalue weighted by Gasteiger charge is -2.28. The molecule has 0 radical (unpaired) electrons. The molecule has 1 aliphatic rings. The van der Waals surface area contributed by atoms with Crippen LogP contribution in [0.3, 0.4) is 0 Å². The van der Waals surface area contributed by atoms with Crippen molar-refractivity contribution >= 4 is 39.2 Å². The maximum Gasteiger partial charge on any atom is 0.206 e. The van der Waals surface area contributed by atoms with Gasteiger partial charge in [-0.05, 0) is 23.8 Å². The number of benzene rings is 2. The first-order chi connectivity index (χ1) is 14.8. The van der Waals surface area contributed by atoms with Gasteiger partial charge in [0.15, 0.2) is 0 Å². The zero-order valence-corrected chi connectivity index (χ0v) is 19.0. The van der Waals surface area contributed by atoms with E-state index in [9.17, 15) is 0 Å². The lowest BCUT2D eigenvalue weighted by molar-refractivity contribution is 0.122. The SMILES string of the molecule is C=CCN=c1scc(-c2ccccc2Br)n1N=Cc1ccc(N2CCOCC2)cc1. The van der Waals surface area contributed by atoms with Gasteiger partial charge in [-0.15, -0.1) is 17.9 Å². The first-order valence-corrected chi connectivity index (χ1v) is 11.5. The Kier molecular flexibility index (Phi) is 6.94. The first kappa shape index (κ1) is 20.8. The third-order valence-electron chi connectivity index (χ3n) is 4.78. The molecule has 0 aliphatic carbocycles. The van der Waals surface area contributed by atoms with Crippen molar-refractivity contribution in [2.24, 2.45) is 10.1 Å². The summed E-state index contributed by atoms with van der Waals surface area (Å²) >= 11 is 5.22. The highest BCUT2D eigenvalue weighted by atomic mass is 79.9. The molecule has 1 saturated heterocycles. The van der Waals surface area contributed by atoms with Gasteiger partial charge in [-0.2, -0.15) is 5.10 Å². The van der Waals surface area contributed by atoms with Crippen molar-refractivity contribution in [2.75, 3.05) is 37.7 Å². The van der Waals surface area contributed by atoms with Crippen molar-refractivity contribution in [3.8, 4) is 11.3 Å². The number of morpholine rings is 1. The second kappa shape index (κ2) is 10.0. The molecule has 1 aliphatic heterocycles. The Labute approximate surface area is 188 Å². The predicted molar refractivity (Wildman–Crippen MR) is 129 cm³/mol. The summed E-state index contributed by atoms with van der Waals surface area (Å²) in [6, 6.07) is 16.6. The molecule has 5 nitrogen and oxygen atoms in total. The largest absolute Gasteiger partial charge is 0.378 e. The monoisotopic (exact) mass is 482 g/mol. The summed E-state index contributed by atoms with van der Waals surface area (Å²) in [5.41, 5.74) is 4.33. The summed E-state index contributed by atoms with van der Waals surface area (Å²) < 4.78 is 8.35. The number of anilines is 1. The molecule has 7 heteroatoms. The predicted octanol–water partition coefficient (Wildman–Crippen LogP) is 4.78. The van der Waals surface area contributed by atoms with E-state index in [0.29, 0.717) is 6.54 Å². The van der Waals surface area contributed by atoms with E-state index in [0.717, 1.165) is 52.4 Å². The molecule has 30 heavy (non-hydrogen) atoms. The second-order valence-electron chi connectivity index (χ2n) is 6.76. The van der Waals surface area contributed by atoms with Crippen molar-refractivity contribution in [2.45, 2.75) is 0 Å². The van der Waals surface area contributed by atoms with E-state index < -0.39 is 0 Å². The van der Waals surface area contributed by atoms with Crippen LogP contribution < -0.4 is 9.70 Å². The minimum absolute atomic E-state index is 0.555. The Morgan fingerprint density at radius 3 is 2.60 bits per heavy atom. The van der Waals surface area contributed by atoms with E-state index in [1.165, 1.54) is 5.69 Å². The van der Waals surface area contributed by atoms with Crippen LogP contribution in [0.25, 0.3) is 11.3 Å². The number of thiazole rings is 1. The molecule has 0 atom stereocenters. The smallest absolute Gasteiger partial charge is 0.206 e. The Bertz CT molecular complexity index is 1090. The topological polar surface area (TPSA) is 42.1 Å². The van der Waals surface area contributed by atoms with Crippen LogP contribution in [0.4, 0.5) is 5.69 Å². The van der Waals surface area contributed by atoms with Gasteiger partial charge in [-0.3, -0.25) is 4.99 Å². The van der Waals surface area contributed by atoms with Gasteiger partial charge in [0.05, 0.1) is 31.7 Å². The van der Waals surface area contributed by atoms with Crippen LogP contribution in [0.5, 0.6) is 0 Å². The molecule has 0 saturated carbocycles. The molecule has 2 heterocycles. The number of nitrogens with zero attached hydrogens (tertiary/aromatic N) is 4. The number of ether oxygens (including phenoxy) is 1. The molecule has 0 amide bonds. The van der Waals surface area contributed by atoms with Gasteiger partial charge in [-0.1, -0.05) is 52.3 Å². The van der Waals surface area contributed by atoms with Crippen LogP contribution >= 0.6 is 27.3 Å². The lowest BCUT2D eigenvalue weighted by Crippen LogP contribution is -2.36. The Morgan fingerprint density at radius 2 is 1.87 bits per heavy atom. The van der Waals surface area contributed by atoms with Crippen LogP contribution in [-0.4, -0.2) is 43.7 Å². The van der Waals surface area contributed by atoms with Gasteiger partial charge in [0.1, 0.15) is 0 Å². The van der Waals surface area contributed by atoms with Gasteiger partial charge < -0.3 is 9.64 Å². The van der Waals surface area contributed by atoms with E-state index in [1.54, 1.807) is 17.4 Å². The van der Waals surface area contributed by atoms with E-state index >= 15 is 0 Å². The molecule has 1 fully saturated rings. The molecule has 3 aromatic rings. The highest BCUT2D eigenvalue weighted by Crippen LogP contribution is 2.28. The summed E-state index contributed by atoms with van der Waals surface area (Å²) in [5, 5.41) is 6.85. The third-order valence-corrected chi connectivity index (χ3v) is 6.33. The van der Waals surface area contributed by atoms with Crippen molar-refractivity contribution in [3.63, 3.8) is 0 Å². The average Bonchev–Trinajstić information content (AvgIpc) is 3.20. The zero-order valence-electron chi connectivity index (χ0n) is 16.6. The van der Waals surface area contributed by atoms with Crippen molar-refractivity contribution in [3.05, 3.63) is 81.4 Å². The van der Waals surface area contributed by atoms with Gasteiger partial charge in [0, 0.05) is 34.2 Å². The zero-order chi connectivity index (χ0) is 20.8. The maximum atomic E-state index is 5.44. The molecule has 4 rings (SSSR count). The molecule has 0 spiro atoms. The summed E-state index contributed by atoms with van der Waals surface area (Å²) in [5.74, 6) is 0. The first-order valence-electron chi connectivity index (χ1n) is 9.80. The van der Waals surface area contributed by atoms with E-state index in [4.69, 9.17) is 9.84 Å². The minimum Gasteiger partial charge on any atom is -0.378 e. The molecule has 2 aromatic carbocycles. The van der Waals surface area contributed by atoms with Crippen molar-refractivity contribution < 1.29 is 4.74 Å². The standard InChI is InChI=1S/C23H23BrN4OS/c1-2-11-25-23-28(22(17-30-23)20-5-3-4-6-21(20)24)26-16-18-7-9-19(10-8-18)27-12-14-29-15-13-27/h2-10,16-17H,1,11-15H2. The maximum absolute atomic E-state index is 5.44.